The summed E-state index contributed by atoms with van der Waals surface area (Å²) in [6.07, 6.45) is 0. The lowest BCUT2D eigenvalue weighted by atomic mass is 10.2. The first-order valence-electron chi connectivity index (χ1n) is 7.01. The van der Waals surface area contributed by atoms with E-state index in [1.165, 1.54) is 0 Å². The number of nitrogens with zero attached hydrogens (tertiary/aromatic N) is 2. The minimum absolute atomic E-state index is 0. The van der Waals surface area contributed by atoms with Crippen molar-refractivity contribution in [3.05, 3.63) is 70.9 Å². The first-order valence-corrected chi connectivity index (χ1v) is 7.39. The van der Waals surface area contributed by atoms with Crippen LogP contribution in [0.5, 0.6) is 0 Å². The Hall–Kier alpha value is -2.50. The van der Waals surface area contributed by atoms with Crippen molar-refractivity contribution in [2.75, 3.05) is 0 Å². The third-order valence-electron chi connectivity index (χ3n) is 3.50. The highest BCUT2D eigenvalue weighted by molar-refractivity contribution is 6.31. The molecular formula is C17H16Cl2N4O. The number of guanidine groups is 1. The molecule has 0 radical (unpaired) electrons. The second kappa shape index (κ2) is 7.38. The lowest BCUT2D eigenvalue weighted by molar-refractivity contribution is 0.0995. The molecule has 24 heavy (non-hydrogen) atoms. The smallest absolute Gasteiger partial charge is 0.296 e. The molecule has 0 aliphatic rings. The van der Waals surface area contributed by atoms with Crippen molar-refractivity contribution in [1.29, 1.82) is 0 Å². The van der Waals surface area contributed by atoms with E-state index in [4.69, 9.17) is 23.1 Å². The van der Waals surface area contributed by atoms with Crippen molar-refractivity contribution >= 4 is 46.8 Å². The summed E-state index contributed by atoms with van der Waals surface area (Å²) in [5.74, 6) is -0.738. The van der Waals surface area contributed by atoms with Crippen molar-refractivity contribution in [3.8, 4) is 0 Å². The quantitative estimate of drug-likeness (QED) is 0.554. The van der Waals surface area contributed by atoms with Crippen molar-refractivity contribution in [3.63, 3.8) is 0 Å². The maximum absolute atomic E-state index is 12.3. The van der Waals surface area contributed by atoms with E-state index in [-0.39, 0.29) is 18.4 Å². The molecule has 0 aliphatic heterocycles. The van der Waals surface area contributed by atoms with Crippen LogP contribution < -0.4 is 11.5 Å². The van der Waals surface area contributed by atoms with Crippen molar-refractivity contribution in [2.24, 2.45) is 16.5 Å². The van der Waals surface area contributed by atoms with Gasteiger partial charge in [-0.2, -0.15) is 4.99 Å². The molecule has 0 atom stereocenters. The molecule has 0 fully saturated rings. The van der Waals surface area contributed by atoms with Crippen LogP contribution in [0.2, 0.25) is 5.02 Å². The van der Waals surface area contributed by atoms with E-state index in [0.717, 1.165) is 16.5 Å². The maximum atomic E-state index is 12.3. The molecule has 3 rings (SSSR count). The molecule has 1 heterocycles. The second-order valence-corrected chi connectivity index (χ2v) is 5.58. The number of carbonyl (C=O) groups is 1. The molecule has 0 aliphatic carbocycles. The van der Waals surface area contributed by atoms with E-state index in [2.05, 4.69) is 4.99 Å². The van der Waals surface area contributed by atoms with E-state index in [1.54, 1.807) is 12.1 Å². The Morgan fingerprint density at radius 2 is 1.79 bits per heavy atom. The molecule has 124 valence electrons. The SMILES string of the molecule is Cl.NC(N)=NC(=O)c1cc2cc(Cl)ccc2n1Cc1ccccc1. The first kappa shape index (κ1) is 17.8. The Balaban J connectivity index is 0.00000208. The minimum atomic E-state index is -0.478. The lowest BCUT2D eigenvalue weighted by Crippen LogP contribution is -2.24. The van der Waals surface area contributed by atoms with E-state index in [0.29, 0.717) is 17.3 Å². The van der Waals surface area contributed by atoms with E-state index in [1.807, 2.05) is 47.0 Å². The number of aromatic nitrogens is 1. The molecule has 0 saturated carbocycles. The fourth-order valence-corrected chi connectivity index (χ4v) is 2.71. The Kier molecular flexibility index (Phi) is 5.49. The molecule has 1 amide bonds. The first-order chi connectivity index (χ1) is 11.0. The number of halogens is 2. The zero-order valence-corrected chi connectivity index (χ0v) is 14.2. The van der Waals surface area contributed by atoms with Crippen molar-refractivity contribution < 1.29 is 4.79 Å². The van der Waals surface area contributed by atoms with E-state index in [9.17, 15) is 4.79 Å². The molecule has 1 aromatic heterocycles. The monoisotopic (exact) mass is 362 g/mol. The molecular weight excluding hydrogens is 347 g/mol. The molecule has 0 saturated heterocycles. The van der Waals surface area contributed by atoms with Gasteiger partial charge in [0.15, 0.2) is 5.96 Å². The van der Waals surface area contributed by atoms with Gasteiger partial charge in [0.2, 0.25) is 0 Å². The highest BCUT2D eigenvalue weighted by Crippen LogP contribution is 2.25. The average molecular weight is 363 g/mol. The zero-order chi connectivity index (χ0) is 16.4. The number of rotatable bonds is 3. The Morgan fingerprint density at radius 3 is 2.46 bits per heavy atom. The van der Waals surface area contributed by atoms with Gasteiger partial charge >= 0.3 is 0 Å². The summed E-state index contributed by atoms with van der Waals surface area (Å²) in [7, 11) is 0. The topological polar surface area (TPSA) is 86.4 Å². The predicted octanol–water partition coefficient (Wildman–Crippen LogP) is 3.18. The van der Waals surface area contributed by atoms with Crippen LogP contribution >= 0.6 is 24.0 Å². The van der Waals surface area contributed by atoms with Gasteiger partial charge in [0, 0.05) is 22.5 Å². The molecule has 7 heteroatoms. The van der Waals surface area contributed by atoms with Gasteiger partial charge in [-0.1, -0.05) is 41.9 Å². The van der Waals surface area contributed by atoms with Crippen LogP contribution in [0.25, 0.3) is 10.9 Å². The summed E-state index contributed by atoms with van der Waals surface area (Å²) in [5.41, 5.74) is 13.0. The Bertz CT molecular complexity index is 900. The van der Waals surface area contributed by atoms with Crippen LogP contribution in [0.3, 0.4) is 0 Å². The zero-order valence-electron chi connectivity index (χ0n) is 12.6. The number of benzene rings is 2. The van der Waals surface area contributed by atoms with Gasteiger partial charge in [0.25, 0.3) is 5.91 Å². The Labute approximate surface area is 150 Å². The summed E-state index contributed by atoms with van der Waals surface area (Å²) in [4.78, 5) is 16.0. The van der Waals surface area contributed by atoms with Gasteiger partial charge in [-0.3, -0.25) is 4.79 Å². The average Bonchev–Trinajstić information content (AvgIpc) is 2.85. The number of aliphatic imine (C=N–C) groups is 1. The minimum Gasteiger partial charge on any atom is -0.370 e. The fraction of sp³-hybridized carbons (Fsp3) is 0.0588. The summed E-state index contributed by atoms with van der Waals surface area (Å²) >= 11 is 6.04. The Morgan fingerprint density at radius 1 is 1.08 bits per heavy atom. The van der Waals surface area contributed by atoms with Crippen molar-refractivity contribution in [2.45, 2.75) is 6.54 Å². The predicted molar refractivity (Wildman–Crippen MR) is 99.9 cm³/mol. The van der Waals surface area contributed by atoms with Crippen LogP contribution in [0.4, 0.5) is 0 Å². The van der Waals surface area contributed by atoms with Crippen LogP contribution in [0, 0.1) is 0 Å². The third kappa shape index (κ3) is 3.69. The number of hydrogen-bond acceptors (Lipinski definition) is 1. The second-order valence-electron chi connectivity index (χ2n) is 5.15. The molecule has 4 N–H and O–H groups in total. The maximum Gasteiger partial charge on any atom is 0.296 e. The standard InChI is InChI=1S/C17H15ClN4O.ClH/c18-13-6-7-14-12(8-13)9-15(16(23)21-17(19)20)22(14)10-11-4-2-1-3-5-11;/h1-9H,10H2,(H4,19,20,21,23);1H. The molecule has 0 bridgehead atoms. The van der Waals surface area contributed by atoms with Crippen LogP contribution in [-0.4, -0.2) is 16.4 Å². The van der Waals surface area contributed by atoms with Crippen molar-refractivity contribution in [1.82, 2.24) is 4.57 Å². The summed E-state index contributed by atoms with van der Waals surface area (Å²) in [6.45, 7) is 0.535. The van der Waals surface area contributed by atoms with Crippen LogP contribution in [-0.2, 0) is 6.54 Å². The molecule has 2 aromatic carbocycles. The highest BCUT2D eigenvalue weighted by Gasteiger charge is 2.16. The summed E-state index contributed by atoms with van der Waals surface area (Å²) in [5, 5.41) is 1.47. The summed E-state index contributed by atoms with van der Waals surface area (Å²) in [6, 6.07) is 17.1. The number of amides is 1. The van der Waals surface area contributed by atoms with Gasteiger partial charge in [-0.15, -0.1) is 12.4 Å². The molecule has 5 nitrogen and oxygen atoms in total. The van der Waals surface area contributed by atoms with Crippen LogP contribution in [0.15, 0.2) is 59.6 Å². The van der Waals surface area contributed by atoms with E-state index < -0.39 is 5.91 Å². The third-order valence-corrected chi connectivity index (χ3v) is 3.73. The lowest BCUT2D eigenvalue weighted by Gasteiger charge is -2.09. The number of carbonyl (C=O) groups excluding carboxylic acids is 1. The van der Waals surface area contributed by atoms with Gasteiger partial charge in [0.05, 0.1) is 0 Å². The van der Waals surface area contributed by atoms with Gasteiger partial charge in [-0.05, 0) is 29.8 Å². The normalized spacial score (nSPS) is 10.2. The largest absolute Gasteiger partial charge is 0.370 e. The highest BCUT2D eigenvalue weighted by atomic mass is 35.5. The van der Waals surface area contributed by atoms with Crippen LogP contribution in [0.1, 0.15) is 16.1 Å². The van der Waals surface area contributed by atoms with E-state index >= 15 is 0 Å². The number of hydrogen-bond donors (Lipinski definition) is 2. The number of nitrogens with two attached hydrogens (primary N) is 2. The number of fused-ring (bicyclic) bond motifs is 1. The van der Waals surface area contributed by atoms with Gasteiger partial charge in [-0.25, -0.2) is 0 Å². The van der Waals surface area contributed by atoms with Gasteiger partial charge in [0.1, 0.15) is 5.69 Å². The molecule has 3 aromatic rings. The molecule has 0 unspecified atom stereocenters. The fourth-order valence-electron chi connectivity index (χ4n) is 2.53. The van der Waals surface area contributed by atoms with Gasteiger partial charge < -0.3 is 16.0 Å². The summed E-state index contributed by atoms with van der Waals surface area (Å²) < 4.78 is 1.88. The molecule has 0 spiro atoms.